The Morgan fingerprint density at radius 2 is 1.77 bits per heavy atom. The summed E-state index contributed by atoms with van der Waals surface area (Å²) in [6.07, 6.45) is 3.90. The molecule has 1 atom stereocenters. The number of likely N-dealkylation sites (tertiary alicyclic amines) is 1. The van der Waals surface area contributed by atoms with Gasteiger partial charge >= 0.3 is 0 Å². The summed E-state index contributed by atoms with van der Waals surface area (Å²) >= 11 is 1.76. The first-order valence-corrected chi connectivity index (χ1v) is 11.6. The number of nitrogens with zero attached hydrogens (tertiary/aromatic N) is 4. The maximum absolute atomic E-state index is 5.40. The highest BCUT2D eigenvalue weighted by Gasteiger charge is 2.20. The summed E-state index contributed by atoms with van der Waals surface area (Å²) in [6, 6.07) is 18.9. The highest BCUT2D eigenvalue weighted by Crippen LogP contribution is 2.35. The van der Waals surface area contributed by atoms with E-state index in [1.807, 2.05) is 12.1 Å². The van der Waals surface area contributed by atoms with Gasteiger partial charge in [-0.25, -0.2) is 0 Å². The molecule has 4 rings (SSSR count). The second-order valence-electron chi connectivity index (χ2n) is 7.84. The summed E-state index contributed by atoms with van der Waals surface area (Å²) in [5, 5.41) is 10.4. The summed E-state index contributed by atoms with van der Waals surface area (Å²) in [5.74, 6) is 1.94. The van der Waals surface area contributed by atoms with Crippen molar-refractivity contribution in [2.75, 3.05) is 20.2 Å². The molecule has 2 aromatic carbocycles. The quantitative estimate of drug-likeness (QED) is 0.468. The Kier molecular flexibility index (Phi) is 7.07. The van der Waals surface area contributed by atoms with Crippen molar-refractivity contribution in [1.82, 2.24) is 19.7 Å². The van der Waals surface area contributed by atoms with Crippen LogP contribution < -0.4 is 4.74 Å². The second-order valence-corrected chi connectivity index (χ2v) is 9.15. The van der Waals surface area contributed by atoms with Crippen LogP contribution in [-0.2, 0) is 13.1 Å². The first-order chi connectivity index (χ1) is 14.7. The average Bonchev–Trinajstić information content (AvgIpc) is 3.16. The minimum atomic E-state index is 0.252. The van der Waals surface area contributed by atoms with E-state index in [1.165, 1.54) is 30.4 Å². The maximum Gasteiger partial charge on any atom is 0.192 e. The number of piperidine rings is 1. The van der Waals surface area contributed by atoms with E-state index in [9.17, 15) is 0 Å². The third-order valence-electron chi connectivity index (χ3n) is 5.64. The molecule has 3 aromatic rings. The van der Waals surface area contributed by atoms with Crippen molar-refractivity contribution in [2.45, 2.75) is 49.7 Å². The van der Waals surface area contributed by atoms with E-state index >= 15 is 0 Å². The van der Waals surface area contributed by atoms with Gasteiger partial charge in [0.15, 0.2) is 5.16 Å². The van der Waals surface area contributed by atoms with E-state index in [2.05, 4.69) is 69.1 Å². The number of hydrogen-bond donors (Lipinski definition) is 0. The van der Waals surface area contributed by atoms with E-state index in [0.717, 1.165) is 42.9 Å². The fourth-order valence-electron chi connectivity index (χ4n) is 3.89. The van der Waals surface area contributed by atoms with Gasteiger partial charge in [-0.05, 0) is 56.1 Å². The molecule has 0 amide bonds. The van der Waals surface area contributed by atoms with Crippen molar-refractivity contribution in [2.24, 2.45) is 0 Å². The molecule has 0 spiro atoms. The topological polar surface area (TPSA) is 43.2 Å². The molecule has 1 fully saturated rings. The molecule has 0 N–H and O–H groups in total. The molecular formula is C24H30N4OS. The van der Waals surface area contributed by atoms with Crippen molar-refractivity contribution in [3.8, 4) is 5.75 Å². The van der Waals surface area contributed by atoms with Crippen molar-refractivity contribution in [3.63, 3.8) is 0 Å². The fraction of sp³-hybridized carbons (Fsp3) is 0.417. The minimum Gasteiger partial charge on any atom is -0.497 e. The number of ether oxygens (including phenoxy) is 1. The van der Waals surface area contributed by atoms with Crippen LogP contribution in [-0.4, -0.2) is 39.9 Å². The molecule has 2 heterocycles. The molecule has 1 aliphatic rings. The van der Waals surface area contributed by atoms with Crippen molar-refractivity contribution in [1.29, 1.82) is 0 Å². The van der Waals surface area contributed by atoms with Crippen molar-refractivity contribution >= 4 is 11.8 Å². The lowest BCUT2D eigenvalue weighted by Gasteiger charge is -2.26. The third kappa shape index (κ3) is 5.24. The number of hydrogen-bond acceptors (Lipinski definition) is 5. The van der Waals surface area contributed by atoms with Gasteiger partial charge in [-0.3, -0.25) is 4.90 Å². The Bertz CT molecular complexity index is 937. The predicted molar refractivity (Wildman–Crippen MR) is 122 cm³/mol. The number of benzene rings is 2. The Hall–Kier alpha value is -2.31. The van der Waals surface area contributed by atoms with E-state index in [1.54, 1.807) is 18.9 Å². The lowest BCUT2D eigenvalue weighted by Crippen LogP contribution is -2.30. The van der Waals surface area contributed by atoms with E-state index in [0.29, 0.717) is 0 Å². The minimum absolute atomic E-state index is 0.252. The highest BCUT2D eigenvalue weighted by molar-refractivity contribution is 7.99. The fourth-order valence-corrected chi connectivity index (χ4v) is 4.87. The van der Waals surface area contributed by atoms with E-state index in [4.69, 9.17) is 4.74 Å². The van der Waals surface area contributed by atoms with E-state index < -0.39 is 0 Å². The van der Waals surface area contributed by atoms with Gasteiger partial charge in [0.1, 0.15) is 11.6 Å². The number of methoxy groups -OCH3 is 1. The molecule has 30 heavy (non-hydrogen) atoms. The van der Waals surface area contributed by atoms with Gasteiger partial charge < -0.3 is 9.30 Å². The zero-order valence-corrected chi connectivity index (χ0v) is 18.6. The second kappa shape index (κ2) is 10.1. The van der Waals surface area contributed by atoms with Crippen molar-refractivity contribution < 1.29 is 4.74 Å². The summed E-state index contributed by atoms with van der Waals surface area (Å²) < 4.78 is 7.70. The largest absolute Gasteiger partial charge is 0.497 e. The molecule has 1 saturated heterocycles. The van der Waals surface area contributed by atoms with Gasteiger partial charge in [0.25, 0.3) is 0 Å². The number of rotatable bonds is 8. The summed E-state index contributed by atoms with van der Waals surface area (Å²) in [4.78, 5) is 2.51. The monoisotopic (exact) mass is 422 g/mol. The summed E-state index contributed by atoms with van der Waals surface area (Å²) in [7, 11) is 1.71. The van der Waals surface area contributed by atoms with Crippen LogP contribution in [0.3, 0.4) is 0 Å². The molecule has 158 valence electrons. The Morgan fingerprint density at radius 1 is 0.967 bits per heavy atom. The molecule has 1 aromatic heterocycles. The highest BCUT2D eigenvalue weighted by atomic mass is 32.2. The normalized spacial score (nSPS) is 15.8. The Morgan fingerprint density at radius 3 is 2.53 bits per heavy atom. The zero-order valence-electron chi connectivity index (χ0n) is 17.8. The molecule has 0 unspecified atom stereocenters. The Balaban J connectivity index is 1.57. The maximum atomic E-state index is 5.40. The Labute approximate surface area is 183 Å². The van der Waals surface area contributed by atoms with Gasteiger partial charge in [0.2, 0.25) is 0 Å². The van der Waals surface area contributed by atoms with Gasteiger partial charge in [-0.1, -0.05) is 60.6 Å². The van der Waals surface area contributed by atoms with Crippen LogP contribution in [0.1, 0.15) is 48.4 Å². The third-order valence-corrected chi connectivity index (χ3v) is 6.77. The van der Waals surface area contributed by atoms with E-state index in [-0.39, 0.29) is 5.25 Å². The summed E-state index contributed by atoms with van der Waals surface area (Å²) in [5.41, 5.74) is 2.50. The van der Waals surface area contributed by atoms with Crippen LogP contribution >= 0.6 is 11.8 Å². The zero-order chi connectivity index (χ0) is 20.8. The molecule has 0 bridgehead atoms. The molecule has 5 nitrogen and oxygen atoms in total. The van der Waals surface area contributed by atoms with Crippen LogP contribution in [0, 0.1) is 0 Å². The molecule has 1 aliphatic heterocycles. The lowest BCUT2D eigenvalue weighted by molar-refractivity contribution is 0.213. The number of aromatic nitrogens is 3. The van der Waals surface area contributed by atoms with Crippen LogP contribution in [0.25, 0.3) is 0 Å². The van der Waals surface area contributed by atoms with Crippen LogP contribution in [0.2, 0.25) is 0 Å². The van der Waals surface area contributed by atoms with Gasteiger partial charge in [-0.2, -0.15) is 0 Å². The van der Waals surface area contributed by atoms with Gasteiger partial charge in [0.05, 0.1) is 20.2 Å². The molecule has 0 radical (unpaired) electrons. The van der Waals surface area contributed by atoms with Gasteiger partial charge in [-0.15, -0.1) is 10.2 Å². The standard InChI is InChI=1S/C24H30N4OS/c1-19(21-12-9-13-22(16-21)29-2)30-24-26-25-23(18-27-14-7-4-8-15-27)28(24)17-20-10-5-3-6-11-20/h3,5-6,9-13,16,19H,4,7-8,14-15,17-18H2,1-2H3/t19-/m0/s1. The van der Waals surface area contributed by atoms with Crippen LogP contribution in [0.5, 0.6) is 5.75 Å². The first-order valence-electron chi connectivity index (χ1n) is 10.7. The smallest absolute Gasteiger partial charge is 0.192 e. The molecule has 0 saturated carbocycles. The molecule has 6 heteroatoms. The number of thioether (sulfide) groups is 1. The van der Waals surface area contributed by atoms with Gasteiger partial charge in [0, 0.05) is 5.25 Å². The summed E-state index contributed by atoms with van der Waals surface area (Å²) in [6.45, 7) is 6.19. The van der Waals surface area contributed by atoms with Crippen LogP contribution in [0.15, 0.2) is 59.8 Å². The SMILES string of the molecule is COc1cccc([C@H](C)Sc2nnc(CN3CCCCC3)n2Cc2ccccc2)c1. The van der Waals surface area contributed by atoms with Crippen LogP contribution in [0.4, 0.5) is 0 Å². The van der Waals surface area contributed by atoms with Crippen molar-refractivity contribution in [3.05, 3.63) is 71.5 Å². The lowest BCUT2D eigenvalue weighted by atomic mass is 10.1. The predicted octanol–water partition coefficient (Wildman–Crippen LogP) is 5.17. The first kappa shape index (κ1) is 20.9. The molecule has 0 aliphatic carbocycles. The average molecular weight is 423 g/mol. The molecular weight excluding hydrogens is 392 g/mol.